The summed E-state index contributed by atoms with van der Waals surface area (Å²) in [6.45, 7) is 6.30. The van der Waals surface area contributed by atoms with Crippen LogP contribution in [0.5, 0.6) is 5.75 Å². The number of carbonyl (C=O) groups is 1. The van der Waals surface area contributed by atoms with Crippen molar-refractivity contribution in [3.8, 4) is 5.75 Å². The zero-order valence-corrected chi connectivity index (χ0v) is 19.8. The van der Waals surface area contributed by atoms with Crippen LogP contribution in [-0.2, 0) is 12.0 Å². The minimum absolute atomic E-state index is 0.0498. The number of halogens is 1. The van der Waals surface area contributed by atoms with Crippen molar-refractivity contribution in [2.45, 2.75) is 37.9 Å². The molecule has 7 nitrogen and oxygen atoms in total. The number of benzene rings is 2. The molecule has 0 radical (unpaired) electrons. The highest BCUT2D eigenvalue weighted by molar-refractivity contribution is 5.89. The average Bonchev–Trinajstić information content (AvgIpc) is 3.16. The molecule has 3 heterocycles. The number of nitrogens with one attached hydrogen (secondary N) is 2. The van der Waals surface area contributed by atoms with Gasteiger partial charge in [-0.3, -0.25) is 4.90 Å². The van der Waals surface area contributed by atoms with Gasteiger partial charge in [-0.15, -0.1) is 0 Å². The molecule has 5 rings (SSSR count). The van der Waals surface area contributed by atoms with Crippen LogP contribution in [0.1, 0.15) is 36.7 Å². The Morgan fingerprint density at radius 1 is 1.24 bits per heavy atom. The number of carbonyl (C=O) groups excluding carboxylic acids is 1. The largest absolute Gasteiger partial charge is 0.497 e. The lowest BCUT2D eigenvalue weighted by Crippen LogP contribution is -2.69. The van der Waals surface area contributed by atoms with Crippen molar-refractivity contribution in [3.05, 3.63) is 65.1 Å². The number of aromatic amines is 1. The summed E-state index contributed by atoms with van der Waals surface area (Å²) in [5.41, 5.74) is 3.82. The van der Waals surface area contributed by atoms with Crippen LogP contribution in [-0.4, -0.2) is 65.3 Å². The van der Waals surface area contributed by atoms with Gasteiger partial charge in [0.05, 0.1) is 19.8 Å². The molecule has 34 heavy (non-hydrogen) atoms. The number of hydrogen-bond donors (Lipinski definition) is 3. The van der Waals surface area contributed by atoms with E-state index in [4.69, 9.17) is 4.74 Å². The van der Waals surface area contributed by atoms with Gasteiger partial charge in [-0.1, -0.05) is 12.1 Å². The van der Waals surface area contributed by atoms with E-state index >= 15 is 0 Å². The summed E-state index contributed by atoms with van der Waals surface area (Å²) in [6.07, 6.45) is 0. The molecular weight excluding hydrogens is 435 g/mol. The number of H-pyrrole nitrogens is 1. The molecule has 2 amide bonds. The summed E-state index contributed by atoms with van der Waals surface area (Å²) < 4.78 is 18.9. The SMILES string of the molecule is COc1ccc2c3c([nH]c2c1)[C@@H](CO)N(Cc1ccc(F)cc1)CC31CN(C(=O)NC(C)C)C1. The number of ether oxygens (including phenoxy) is 1. The maximum absolute atomic E-state index is 13.5. The first kappa shape index (κ1) is 22.7. The van der Waals surface area contributed by atoms with Crippen LogP contribution < -0.4 is 10.1 Å². The van der Waals surface area contributed by atoms with Crippen LogP contribution in [0.25, 0.3) is 10.9 Å². The number of nitrogens with zero attached hydrogens (tertiary/aromatic N) is 2. The first-order valence-electron chi connectivity index (χ1n) is 11.7. The van der Waals surface area contributed by atoms with Crippen molar-refractivity contribution >= 4 is 16.9 Å². The number of aromatic nitrogens is 1. The van der Waals surface area contributed by atoms with Gasteiger partial charge in [0.1, 0.15) is 11.6 Å². The molecule has 2 aliphatic heterocycles. The van der Waals surface area contributed by atoms with E-state index in [9.17, 15) is 14.3 Å². The first-order valence-corrected chi connectivity index (χ1v) is 11.7. The Morgan fingerprint density at radius 2 is 1.97 bits per heavy atom. The highest BCUT2D eigenvalue weighted by atomic mass is 19.1. The van der Waals surface area contributed by atoms with Crippen molar-refractivity contribution in [1.29, 1.82) is 0 Å². The van der Waals surface area contributed by atoms with Crippen LogP contribution in [0.15, 0.2) is 42.5 Å². The van der Waals surface area contributed by atoms with E-state index in [2.05, 4.69) is 21.3 Å². The number of methoxy groups -OCH3 is 1. The maximum Gasteiger partial charge on any atom is 0.317 e. The second-order valence-corrected chi connectivity index (χ2v) is 9.80. The summed E-state index contributed by atoms with van der Waals surface area (Å²) in [5, 5.41) is 14.5. The molecule has 1 saturated heterocycles. The number of aliphatic hydroxyl groups excluding tert-OH is 1. The van der Waals surface area contributed by atoms with Gasteiger partial charge >= 0.3 is 6.03 Å². The minimum atomic E-state index is -0.268. The third kappa shape index (κ3) is 3.80. The Hall–Kier alpha value is -3.10. The smallest absolute Gasteiger partial charge is 0.317 e. The maximum atomic E-state index is 13.5. The fourth-order valence-corrected chi connectivity index (χ4v) is 5.53. The van der Waals surface area contributed by atoms with E-state index in [1.807, 2.05) is 30.9 Å². The third-order valence-electron chi connectivity index (χ3n) is 7.00. The van der Waals surface area contributed by atoms with Crippen LogP contribution in [0.2, 0.25) is 0 Å². The Morgan fingerprint density at radius 3 is 2.62 bits per heavy atom. The van der Waals surface area contributed by atoms with Crippen molar-refractivity contribution < 1.29 is 19.0 Å². The lowest BCUT2D eigenvalue weighted by Gasteiger charge is -2.56. The van der Waals surface area contributed by atoms with Crippen LogP contribution >= 0.6 is 0 Å². The number of likely N-dealkylation sites (tertiary alicyclic amines) is 1. The standard InChI is InChI=1S/C26H31FN4O3/c1-16(2)28-25(33)31-14-26(15-31)13-30(11-17-4-6-18(27)7-5-17)22(12-32)24-23(26)20-9-8-19(34-3)10-21(20)29-24/h4-10,16,22,29,32H,11-15H2,1-3H3,(H,28,33)/t22-/m1/s1. The normalized spacial score (nSPS) is 19.4. The van der Waals surface area contributed by atoms with E-state index in [0.717, 1.165) is 27.9 Å². The molecule has 0 saturated carbocycles. The molecule has 1 atom stereocenters. The van der Waals surface area contributed by atoms with E-state index in [1.165, 1.54) is 17.7 Å². The van der Waals surface area contributed by atoms with Gasteiger partial charge in [0.15, 0.2) is 0 Å². The van der Waals surface area contributed by atoms with Crippen LogP contribution in [0, 0.1) is 5.82 Å². The molecule has 0 unspecified atom stereocenters. The lowest BCUT2D eigenvalue weighted by atomic mass is 9.68. The number of fused-ring (bicyclic) bond motifs is 4. The van der Waals surface area contributed by atoms with Crippen molar-refractivity contribution in [3.63, 3.8) is 0 Å². The summed E-state index contributed by atoms with van der Waals surface area (Å²) in [5.74, 6) is 0.491. The molecule has 1 fully saturated rings. The summed E-state index contributed by atoms with van der Waals surface area (Å²) >= 11 is 0. The molecule has 2 aromatic carbocycles. The monoisotopic (exact) mass is 466 g/mol. The minimum Gasteiger partial charge on any atom is -0.497 e. The molecule has 8 heteroatoms. The van der Waals surface area contributed by atoms with Gasteiger partial charge in [0.2, 0.25) is 0 Å². The molecule has 1 aromatic heterocycles. The average molecular weight is 467 g/mol. The van der Waals surface area contributed by atoms with E-state index < -0.39 is 0 Å². The fourth-order valence-electron chi connectivity index (χ4n) is 5.53. The van der Waals surface area contributed by atoms with Crippen molar-refractivity contribution in [2.75, 3.05) is 33.4 Å². The Balaban J connectivity index is 1.55. The Bertz CT molecular complexity index is 1200. The number of rotatable bonds is 5. The second kappa shape index (κ2) is 8.60. The topological polar surface area (TPSA) is 80.8 Å². The lowest BCUT2D eigenvalue weighted by molar-refractivity contribution is 0.00951. The molecule has 180 valence electrons. The molecule has 1 spiro atoms. The molecule has 3 N–H and O–H groups in total. The van der Waals surface area contributed by atoms with Gasteiger partial charge in [-0.25, -0.2) is 9.18 Å². The van der Waals surface area contributed by atoms with E-state index in [1.54, 1.807) is 19.2 Å². The van der Waals surface area contributed by atoms with Gasteiger partial charge in [-0.2, -0.15) is 0 Å². The first-order chi connectivity index (χ1) is 16.3. The zero-order valence-electron chi connectivity index (χ0n) is 19.8. The summed E-state index contributed by atoms with van der Waals surface area (Å²) in [7, 11) is 1.64. The third-order valence-corrected chi connectivity index (χ3v) is 7.00. The number of amides is 2. The summed E-state index contributed by atoms with van der Waals surface area (Å²) in [6, 6.07) is 12.3. The fraction of sp³-hybridized carbons (Fsp3) is 0.423. The number of hydrogen-bond acceptors (Lipinski definition) is 4. The molecule has 0 bridgehead atoms. The van der Waals surface area contributed by atoms with Crippen molar-refractivity contribution in [1.82, 2.24) is 20.1 Å². The highest BCUT2D eigenvalue weighted by Gasteiger charge is 2.54. The van der Waals surface area contributed by atoms with Gasteiger partial charge in [0, 0.05) is 60.3 Å². The van der Waals surface area contributed by atoms with Gasteiger partial charge in [-0.05, 0) is 49.2 Å². The Labute approximate surface area is 198 Å². The van der Waals surface area contributed by atoms with Crippen molar-refractivity contribution in [2.24, 2.45) is 0 Å². The Kier molecular flexibility index (Phi) is 5.73. The summed E-state index contributed by atoms with van der Waals surface area (Å²) in [4.78, 5) is 20.3. The van der Waals surface area contributed by atoms with E-state index in [-0.39, 0.29) is 36.0 Å². The highest BCUT2D eigenvalue weighted by Crippen LogP contribution is 2.48. The van der Waals surface area contributed by atoms with Crippen LogP contribution in [0.3, 0.4) is 0 Å². The zero-order chi connectivity index (χ0) is 24.0. The molecule has 0 aliphatic carbocycles. The van der Waals surface area contributed by atoms with E-state index in [0.29, 0.717) is 26.2 Å². The van der Waals surface area contributed by atoms with Gasteiger partial charge in [0.25, 0.3) is 0 Å². The van der Waals surface area contributed by atoms with Crippen LogP contribution in [0.4, 0.5) is 9.18 Å². The molecular formula is C26H31FN4O3. The predicted molar refractivity (Wildman–Crippen MR) is 128 cm³/mol. The number of urea groups is 1. The second-order valence-electron chi connectivity index (χ2n) is 9.80. The van der Waals surface area contributed by atoms with Gasteiger partial charge < -0.3 is 25.0 Å². The predicted octanol–water partition coefficient (Wildman–Crippen LogP) is 3.54. The molecule has 3 aromatic rings. The quantitative estimate of drug-likeness (QED) is 0.537. The molecule has 2 aliphatic rings. The number of aliphatic hydroxyl groups is 1.